The predicted octanol–water partition coefficient (Wildman–Crippen LogP) is 5.06. The summed E-state index contributed by atoms with van der Waals surface area (Å²) < 4.78 is 7.16. The molecule has 0 radical (unpaired) electrons. The Morgan fingerprint density at radius 1 is 0.968 bits per heavy atom. The Morgan fingerprint density at radius 2 is 1.65 bits per heavy atom. The highest BCUT2D eigenvalue weighted by molar-refractivity contribution is 7.99. The van der Waals surface area contributed by atoms with Crippen molar-refractivity contribution in [1.82, 2.24) is 4.57 Å². The first-order valence-electron chi connectivity index (χ1n) is 10.0. The number of hydrogen-bond donors (Lipinski definition) is 1. The second-order valence-corrected chi connectivity index (χ2v) is 9.62. The molecular weight excluding hydrogens is 410 g/mol. The molecule has 0 saturated heterocycles. The highest BCUT2D eigenvalue weighted by atomic mass is 32.2. The molecule has 0 spiro atoms. The summed E-state index contributed by atoms with van der Waals surface area (Å²) in [7, 11) is 0. The third kappa shape index (κ3) is 2.86. The maximum atomic E-state index is 13.6. The molecule has 1 N–H and O–H groups in total. The van der Waals surface area contributed by atoms with Crippen LogP contribution in [0.2, 0.25) is 0 Å². The van der Waals surface area contributed by atoms with Crippen LogP contribution in [0.5, 0.6) is 5.75 Å². The minimum atomic E-state index is -0.663. The predicted molar refractivity (Wildman–Crippen MR) is 122 cm³/mol. The van der Waals surface area contributed by atoms with Crippen molar-refractivity contribution in [2.45, 2.75) is 42.9 Å². The van der Waals surface area contributed by atoms with Crippen LogP contribution in [0.3, 0.4) is 0 Å². The number of fused-ring (bicyclic) bond motifs is 4. The Labute approximate surface area is 183 Å². The van der Waals surface area contributed by atoms with Gasteiger partial charge in [0.1, 0.15) is 15.9 Å². The van der Waals surface area contributed by atoms with Crippen LogP contribution in [0.15, 0.2) is 72.3 Å². The van der Waals surface area contributed by atoms with Gasteiger partial charge in [0.05, 0.1) is 5.69 Å². The quantitative estimate of drug-likeness (QED) is 0.480. The van der Waals surface area contributed by atoms with Crippen molar-refractivity contribution in [2.75, 3.05) is 0 Å². The van der Waals surface area contributed by atoms with E-state index in [1.807, 2.05) is 64.1 Å². The van der Waals surface area contributed by atoms with Gasteiger partial charge in [-0.05, 0) is 37.6 Å². The van der Waals surface area contributed by atoms with E-state index in [1.54, 1.807) is 10.6 Å². The van der Waals surface area contributed by atoms with E-state index in [1.165, 1.54) is 0 Å². The fourth-order valence-corrected chi connectivity index (χ4v) is 5.07. The largest absolute Gasteiger partial charge is 0.505 e. The van der Waals surface area contributed by atoms with E-state index in [9.17, 15) is 14.7 Å². The van der Waals surface area contributed by atoms with E-state index >= 15 is 0 Å². The Morgan fingerprint density at radius 3 is 2.35 bits per heavy atom. The number of pyridine rings is 1. The summed E-state index contributed by atoms with van der Waals surface area (Å²) in [6.07, 6.45) is 0. The fourth-order valence-electron chi connectivity index (χ4n) is 4.24. The van der Waals surface area contributed by atoms with Crippen LogP contribution in [-0.2, 0) is 5.41 Å². The van der Waals surface area contributed by atoms with Gasteiger partial charge in [-0.15, -0.1) is 0 Å². The molecule has 0 saturated carbocycles. The normalized spacial score (nSPS) is 13.9. The van der Waals surface area contributed by atoms with Crippen LogP contribution in [0, 0.1) is 13.8 Å². The number of nitrogens with zero attached hydrogens (tertiary/aromatic N) is 1. The van der Waals surface area contributed by atoms with Crippen molar-refractivity contribution in [1.29, 1.82) is 0 Å². The lowest BCUT2D eigenvalue weighted by molar-refractivity contribution is 0.445. The molecule has 2 aromatic heterocycles. The van der Waals surface area contributed by atoms with Crippen molar-refractivity contribution in [3.63, 3.8) is 0 Å². The highest BCUT2D eigenvalue weighted by Gasteiger charge is 2.38. The Bertz CT molecular complexity index is 1490. The minimum Gasteiger partial charge on any atom is -0.505 e. The van der Waals surface area contributed by atoms with Crippen LogP contribution in [0.1, 0.15) is 36.2 Å². The molecule has 4 aromatic rings. The van der Waals surface area contributed by atoms with Crippen molar-refractivity contribution in [2.24, 2.45) is 0 Å². The first kappa shape index (κ1) is 19.7. The van der Waals surface area contributed by atoms with E-state index in [-0.39, 0.29) is 21.6 Å². The van der Waals surface area contributed by atoms with Gasteiger partial charge in [-0.1, -0.05) is 61.0 Å². The van der Waals surface area contributed by atoms with Crippen LogP contribution < -0.4 is 11.2 Å². The Kier molecular flexibility index (Phi) is 4.21. The molecule has 31 heavy (non-hydrogen) atoms. The topological polar surface area (TPSA) is 72.4 Å². The summed E-state index contributed by atoms with van der Waals surface area (Å²) in [6, 6.07) is 15.2. The van der Waals surface area contributed by atoms with Gasteiger partial charge in [0, 0.05) is 22.1 Å². The fraction of sp³-hybridized carbons (Fsp3) is 0.200. The molecule has 0 fully saturated rings. The summed E-state index contributed by atoms with van der Waals surface area (Å²) in [4.78, 5) is 27.1. The van der Waals surface area contributed by atoms with E-state index in [4.69, 9.17) is 4.42 Å². The maximum Gasteiger partial charge on any atom is 0.354 e. The summed E-state index contributed by atoms with van der Waals surface area (Å²) in [5, 5.41) is 11.0. The lowest BCUT2D eigenvalue weighted by atomic mass is 9.82. The zero-order valence-electron chi connectivity index (χ0n) is 17.6. The lowest BCUT2D eigenvalue weighted by Gasteiger charge is -2.20. The molecule has 1 aliphatic rings. The van der Waals surface area contributed by atoms with Gasteiger partial charge < -0.3 is 9.52 Å². The van der Waals surface area contributed by atoms with Crippen LogP contribution in [0.4, 0.5) is 0 Å². The third-order valence-corrected chi connectivity index (χ3v) is 7.03. The maximum absolute atomic E-state index is 13.6. The highest BCUT2D eigenvalue weighted by Crippen LogP contribution is 2.44. The molecule has 6 heteroatoms. The van der Waals surface area contributed by atoms with Crippen molar-refractivity contribution >= 4 is 22.7 Å². The first-order chi connectivity index (χ1) is 14.7. The second kappa shape index (κ2) is 6.62. The number of aromatic nitrogens is 1. The molecule has 5 rings (SSSR count). The van der Waals surface area contributed by atoms with Crippen molar-refractivity contribution < 1.29 is 9.52 Å². The zero-order chi connectivity index (χ0) is 22.1. The number of aryl methyl sites for hydroxylation is 2. The van der Waals surface area contributed by atoms with Gasteiger partial charge >= 0.3 is 5.63 Å². The van der Waals surface area contributed by atoms with E-state index in [0.29, 0.717) is 0 Å². The molecular formula is C25H21NO4S. The van der Waals surface area contributed by atoms with Crippen molar-refractivity contribution in [3.8, 4) is 11.4 Å². The van der Waals surface area contributed by atoms with Crippen molar-refractivity contribution in [3.05, 3.63) is 91.7 Å². The standard InChI is InChI=1S/C25H21NO4S/c1-13-5-8-15(9-6-13)31-22-21(27)20-18(30-24(22)29)12-19-25(3,4)16-11-14(2)7-10-17(16)26(19)23(20)28/h5-12,27H,1-4H3. The zero-order valence-corrected chi connectivity index (χ0v) is 18.5. The van der Waals surface area contributed by atoms with Gasteiger partial charge in [-0.3, -0.25) is 9.36 Å². The minimum absolute atomic E-state index is 0.00962. The SMILES string of the molecule is Cc1ccc(Sc2c(O)c3c(=O)n4c(cc3oc2=O)C(C)(C)c2cc(C)ccc2-4)cc1. The molecule has 0 atom stereocenters. The summed E-state index contributed by atoms with van der Waals surface area (Å²) in [5.74, 6) is -0.338. The average Bonchev–Trinajstić information content (AvgIpc) is 2.93. The van der Waals surface area contributed by atoms with Crippen LogP contribution in [0.25, 0.3) is 16.7 Å². The van der Waals surface area contributed by atoms with Gasteiger partial charge in [-0.25, -0.2) is 4.79 Å². The monoisotopic (exact) mass is 431 g/mol. The molecule has 0 unspecified atom stereocenters. The number of hydrogen-bond acceptors (Lipinski definition) is 5. The first-order valence-corrected chi connectivity index (χ1v) is 10.8. The van der Waals surface area contributed by atoms with Gasteiger partial charge in [0.2, 0.25) is 0 Å². The Hall–Kier alpha value is -3.25. The van der Waals surface area contributed by atoms with Gasteiger partial charge in [0.25, 0.3) is 5.56 Å². The Balaban J connectivity index is 1.79. The van der Waals surface area contributed by atoms with Gasteiger partial charge in [-0.2, -0.15) is 0 Å². The van der Waals surface area contributed by atoms with Crippen LogP contribution in [-0.4, -0.2) is 9.67 Å². The number of benzene rings is 2. The molecule has 0 amide bonds. The second-order valence-electron chi connectivity index (χ2n) is 8.54. The van der Waals surface area contributed by atoms with E-state index in [0.717, 1.165) is 44.7 Å². The molecule has 2 aromatic carbocycles. The molecule has 5 nitrogen and oxygen atoms in total. The molecule has 3 heterocycles. The third-order valence-electron chi connectivity index (χ3n) is 5.96. The van der Waals surface area contributed by atoms with E-state index < -0.39 is 16.6 Å². The summed E-state index contributed by atoms with van der Waals surface area (Å²) >= 11 is 1.09. The summed E-state index contributed by atoms with van der Waals surface area (Å²) in [6.45, 7) is 8.06. The molecule has 156 valence electrons. The van der Waals surface area contributed by atoms with Crippen LogP contribution >= 0.6 is 11.8 Å². The molecule has 0 bridgehead atoms. The smallest absolute Gasteiger partial charge is 0.354 e. The average molecular weight is 432 g/mol. The molecule has 0 aliphatic carbocycles. The number of aromatic hydroxyl groups is 1. The van der Waals surface area contributed by atoms with E-state index in [2.05, 4.69) is 6.07 Å². The summed E-state index contributed by atoms with van der Waals surface area (Å²) in [5.41, 5.74) is 3.33. The molecule has 1 aliphatic heterocycles. The number of rotatable bonds is 2. The van der Waals surface area contributed by atoms with Gasteiger partial charge in [0.15, 0.2) is 5.75 Å². The lowest BCUT2D eigenvalue weighted by Crippen LogP contribution is -2.24.